The Balaban J connectivity index is 3.03. The van der Waals surface area contributed by atoms with E-state index in [0.717, 1.165) is 0 Å². The normalized spacial score (nSPS) is 14.8. The minimum absolute atomic E-state index is 0.0351. The van der Waals surface area contributed by atoms with Crippen molar-refractivity contribution in [2.45, 2.75) is 19.1 Å². The molecule has 0 aliphatic carbocycles. The molecule has 0 saturated carbocycles. The van der Waals surface area contributed by atoms with Gasteiger partial charge in [-0.2, -0.15) is 0 Å². The summed E-state index contributed by atoms with van der Waals surface area (Å²) in [5.74, 6) is -0.0351. The van der Waals surface area contributed by atoms with Gasteiger partial charge in [-0.15, -0.1) is 0 Å². The Bertz CT molecular complexity index is 370. The van der Waals surface area contributed by atoms with Gasteiger partial charge in [0, 0.05) is 17.1 Å². The molecule has 0 fully saturated rings. The molecule has 0 aliphatic rings. The average molecular weight is 246 g/mol. The summed E-state index contributed by atoms with van der Waals surface area (Å²) < 4.78 is 0. The minimum atomic E-state index is -1.16. The molecule has 0 aliphatic heterocycles. The minimum Gasteiger partial charge on any atom is -0.507 e. The van der Waals surface area contributed by atoms with Crippen LogP contribution in [0.25, 0.3) is 0 Å². The summed E-state index contributed by atoms with van der Waals surface area (Å²) >= 11 is 5.83. The van der Waals surface area contributed by atoms with Gasteiger partial charge in [0.25, 0.3) is 0 Å². The smallest absolute Gasteiger partial charge is 0.124 e. The highest BCUT2D eigenvalue weighted by atomic mass is 35.5. The van der Waals surface area contributed by atoms with Gasteiger partial charge < -0.3 is 20.6 Å². The molecule has 0 amide bonds. The quantitative estimate of drug-likeness (QED) is 0.638. The Morgan fingerprint density at radius 1 is 1.38 bits per heavy atom. The van der Waals surface area contributed by atoms with E-state index in [2.05, 4.69) is 5.32 Å². The lowest BCUT2D eigenvalue weighted by Crippen LogP contribution is -2.29. The van der Waals surface area contributed by atoms with Gasteiger partial charge in [0.15, 0.2) is 0 Å². The number of aryl methyl sites for hydroxylation is 1. The van der Waals surface area contributed by atoms with Crippen molar-refractivity contribution in [3.05, 3.63) is 28.3 Å². The van der Waals surface area contributed by atoms with E-state index < -0.39 is 12.2 Å². The maximum Gasteiger partial charge on any atom is 0.124 e. The van der Waals surface area contributed by atoms with Crippen LogP contribution in [-0.2, 0) is 0 Å². The molecule has 0 heterocycles. The van der Waals surface area contributed by atoms with Crippen molar-refractivity contribution >= 4 is 11.6 Å². The fourth-order valence-electron chi connectivity index (χ4n) is 1.51. The highest BCUT2D eigenvalue weighted by Crippen LogP contribution is 2.32. The number of hydrogen-bond acceptors (Lipinski definition) is 4. The van der Waals surface area contributed by atoms with Gasteiger partial charge in [0.05, 0.1) is 6.10 Å². The van der Waals surface area contributed by atoms with Crippen LogP contribution in [0.2, 0.25) is 5.02 Å². The average Bonchev–Trinajstić information content (AvgIpc) is 2.22. The second kappa shape index (κ2) is 5.50. The molecule has 1 aromatic carbocycles. The first kappa shape index (κ1) is 13.3. The van der Waals surface area contributed by atoms with Crippen LogP contribution in [0.3, 0.4) is 0 Å². The number of halogens is 1. The molecular formula is C11H16ClNO3. The lowest BCUT2D eigenvalue weighted by Gasteiger charge is -2.19. The predicted molar refractivity (Wildman–Crippen MR) is 62.7 cm³/mol. The van der Waals surface area contributed by atoms with Crippen LogP contribution in [-0.4, -0.2) is 35.0 Å². The number of benzene rings is 1. The highest BCUT2D eigenvalue weighted by Gasteiger charge is 2.22. The van der Waals surface area contributed by atoms with Crippen LogP contribution in [0.15, 0.2) is 12.1 Å². The SMILES string of the molecule is CNCC(O)C(O)c1cc(Cl)cc(C)c1O. The zero-order valence-corrected chi connectivity index (χ0v) is 9.99. The van der Waals surface area contributed by atoms with Gasteiger partial charge in [-0.3, -0.25) is 0 Å². The van der Waals surface area contributed by atoms with E-state index in [4.69, 9.17) is 11.6 Å². The van der Waals surface area contributed by atoms with Gasteiger partial charge >= 0.3 is 0 Å². The molecule has 1 rings (SSSR count). The second-order valence-corrected chi connectivity index (χ2v) is 4.17. The number of aromatic hydroxyl groups is 1. The Morgan fingerprint density at radius 2 is 2.00 bits per heavy atom. The Kier molecular flexibility index (Phi) is 4.56. The largest absolute Gasteiger partial charge is 0.507 e. The predicted octanol–water partition coefficient (Wildman–Crippen LogP) is 0.968. The number of likely N-dealkylation sites (N-methyl/N-ethyl adjacent to an activating group) is 1. The van der Waals surface area contributed by atoms with Crippen LogP contribution < -0.4 is 5.32 Å². The zero-order chi connectivity index (χ0) is 12.3. The zero-order valence-electron chi connectivity index (χ0n) is 9.24. The van der Waals surface area contributed by atoms with Gasteiger partial charge in [-0.25, -0.2) is 0 Å². The van der Waals surface area contributed by atoms with E-state index >= 15 is 0 Å². The molecule has 0 spiro atoms. The Labute approximate surface area is 99.5 Å². The summed E-state index contributed by atoms with van der Waals surface area (Å²) in [6, 6.07) is 3.05. The molecule has 1 aromatic rings. The van der Waals surface area contributed by atoms with Gasteiger partial charge in [0.1, 0.15) is 11.9 Å². The van der Waals surface area contributed by atoms with Crippen molar-refractivity contribution in [3.63, 3.8) is 0 Å². The summed E-state index contributed by atoms with van der Waals surface area (Å²) in [5, 5.41) is 32.4. The first-order valence-corrected chi connectivity index (χ1v) is 5.35. The number of rotatable bonds is 4. The van der Waals surface area contributed by atoms with Crippen LogP contribution in [0.1, 0.15) is 17.2 Å². The molecular weight excluding hydrogens is 230 g/mol. The Hall–Kier alpha value is -0.810. The molecule has 2 atom stereocenters. The summed E-state index contributed by atoms with van der Waals surface area (Å²) in [4.78, 5) is 0. The monoisotopic (exact) mass is 245 g/mol. The number of aliphatic hydroxyl groups excluding tert-OH is 2. The van der Waals surface area contributed by atoms with Gasteiger partial charge in [-0.1, -0.05) is 11.6 Å². The molecule has 4 N–H and O–H groups in total. The van der Waals surface area contributed by atoms with E-state index in [1.807, 2.05) is 0 Å². The molecule has 2 unspecified atom stereocenters. The highest BCUT2D eigenvalue weighted by molar-refractivity contribution is 6.30. The topological polar surface area (TPSA) is 72.7 Å². The standard InChI is InChI=1S/C11H16ClNO3/c1-6-3-7(12)4-8(10(6)15)11(16)9(14)5-13-2/h3-4,9,11,13-16H,5H2,1-2H3. The van der Waals surface area contributed by atoms with E-state index in [1.54, 1.807) is 20.0 Å². The van der Waals surface area contributed by atoms with Crippen LogP contribution >= 0.6 is 11.6 Å². The molecule has 0 radical (unpaired) electrons. The third-order valence-electron chi connectivity index (χ3n) is 2.39. The number of nitrogens with one attached hydrogen (secondary N) is 1. The van der Waals surface area contributed by atoms with Crippen LogP contribution in [0.4, 0.5) is 0 Å². The fourth-order valence-corrected chi connectivity index (χ4v) is 1.80. The third kappa shape index (κ3) is 2.86. The number of aliphatic hydroxyl groups is 2. The summed E-state index contributed by atoms with van der Waals surface area (Å²) in [7, 11) is 1.67. The van der Waals surface area contributed by atoms with Crippen molar-refractivity contribution in [2.75, 3.05) is 13.6 Å². The molecule has 0 aromatic heterocycles. The van der Waals surface area contributed by atoms with Crippen molar-refractivity contribution in [2.24, 2.45) is 0 Å². The van der Waals surface area contributed by atoms with Crippen molar-refractivity contribution in [3.8, 4) is 5.75 Å². The lowest BCUT2D eigenvalue weighted by molar-refractivity contribution is 0.0188. The molecule has 0 bridgehead atoms. The van der Waals surface area contributed by atoms with Crippen molar-refractivity contribution in [1.29, 1.82) is 0 Å². The molecule has 4 nitrogen and oxygen atoms in total. The number of hydrogen-bond donors (Lipinski definition) is 4. The van der Waals surface area contributed by atoms with Gasteiger partial charge in [-0.05, 0) is 31.7 Å². The van der Waals surface area contributed by atoms with E-state index in [0.29, 0.717) is 10.6 Å². The molecule has 0 saturated heterocycles. The number of phenolic OH excluding ortho intramolecular Hbond substituents is 1. The molecule has 90 valence electrons. The molecule has 5 heteroatoms. The van der Waals surface area contributed by atoms with E-state index in [9.17, 15) is 15.3 Å². The van der Waals surface area contributed by atoms with Crippen LogP contribution in [0.5, 0.6) is 5.75 Å². The second-order valence-electron chi connectivity index (χ2n) is 3.73. The van der Waals surface area contributed by atoms with Crippen molar-refractivity contribution in [1.82, 2.24) is 5.32 Å². The lowest BCUT2D eigenvalue weighted by atomic mass is 10.0. The Morgan fingerprint density at radius 3 is 2.56 bits per heavy atom. The summed E-state index contributed by atoms with van der Waals surface area (Å²) in [6.45, 7) is 1.91. The van der Waals surface area contributed by atoms with Crippen molar-refractivity contribution < 1.29 is 15.3 Å². The number of phenols is 1. The van der Waals surface area contributed by atoms with E-state index in [1.165, 1.54) is 6.07 Å². The first-order chi connectivity index (χ1) is 7.47. The first-order valence-electron chi connectivity index (χ1n) is 4.97. The maximum absolute atomic E-state index is 9.84. The van der Waals surface area contributed by atoms with Gasteiger partial charge in [0.2, 0.25) is 0 Å². The van der Waals surface area contributed by atoms with E-state index in [-0.39, 0.29) is 17.9 Å². The molecule has 16 heavy (non-hydrogen) atoms. The summed E-state index contributed by atoms with van der Waals surface area (Å²) in [5.41, 5.74) is 0.811. The third-order valence-corrected chi connectivity index (χ3v) is 2.61. The van der Waals surface area contributed by atoms with Crippen LogP contribution in [0, 0.1) is 6.92 Å². The fraction of sp³-hybridized carbons (Fsp3) is 0.455. The maximum atomic E-state index is 9.84. The summed E-state index contributed by atoms with van der Waals surface area (Å²) in [6.07, 6.45) is -2.15.